The van der Waals surface area contributed by atoms with Crippen LogP contribution in [0.15, 0.2) is 30.3 Å². The molecule has 0 aliphatic heterocycles. The first kappa shape index (κ1) is 14.0. The Morgan fingerprint density at radius 3 is 2.90 bits per heavy atom. The molecule has 110 valence electrons. The smallest absolute Gasteiger partial charge is 0.133 e. The number of anilines is 1. The second-order valence-corrected chi connectivity index (χ2v) is 5.62. The molecule has 0 amide bonds. The van der Waals surface area contributed by atoms with Crippen LogP contribution in [-0.4, -0.2) is 12.0 Å². The van der Waals surface area contributed by atoms with Crippen molar-refractivity contribution in [2.75, 3.05) is 11.9 Å². The Morgan fingerprint density at radius 1 is 1.29 bits per heavy atom. The number of aryl methyl sites for hydroxylation is 2. The van der Waals surface area contributed by atoms with E-state index in [1.807, 2.05) is 13.1 Å². The summed E-state index contributed by atoms with van der Waals surface area (Å²) in [5, 5.41) is 0. The highest BCUT2D eigenvalue weighted by Crippen LogP contribution is 2.27. The zero-order valence-corrected chi connectivity index (χ0v) is 12.3. The highest BCUT2D eigenvalue weighted by Gasteiger charge is 2.18. The normalized spacial score (nSPS) is 13.3. The van der Waals surface area contributed by atoms with E-state index >= 15 is 0 Å². The number of benzene rings is 1. The molecule has 1 heterocycles. The van der Waals surface area contributed by atoms with Crippen LogP contribution in [0.5, 0.6) is 0 Å². The average Bonchev–Trinajstić information content (AvgIpc) is 2.93. The van der Waals surface area contributed by atoms with Crippen LogP contribution in [0.3, 0.4) is 0 Å². The molecule has 0 unspecified atom stereocenters. The van der Waals surface area contributed by atoms with Gasteiger partial charge in [0.05, 0.1) is 0 Å². The summed E-state index contributed by atoms with van der Waals surface area (Å²) in [5.41, 5.74) is 10.4. The Balaban J connectivity index is 1.88. The van der Waals surface area contributed by atoms with Crippen LogP contribution in [0.4, 0.5) is 10.2 Å². The zero-order valence-electron chi connectivity index (χ0n) is 12.3. The van der Waals surface area contributed by atoms with Gasteiger partial charge in [0.15, 0.2) is 0 Å². The van der Waals surface area contributed by atoms with E-state index in [9.17, 15) is 4.39 Å². The van der Waals surface area contributed by atoms with E-state index in [4.69, 9.17) is 10.7 Å². The minimum atomic E-state index is -0.207. The Hall–Kier alpha value is -1.94. The van der Waals surface area contributed by atoms with Crippen LogP contribution in [0, 0.1) is 5.82 Å². The fraction of sp³-hybridized carbons (Fsp3) is 0.353. The quantitative estimate of drug-likeness (QED) is 0.939. The van der Waals surface area contributed by atoms with E-state index in [1.54, 1.807) is 12.1 Å². The number of nitrogens with two attached hydrogens (primary N) is 1. The molecule has 0 saturated carbocycles. The van der Waals surface area contributed by atoms with Crippen molar-refractivity contribution >= 4 is 5.82 Å². The highest BCUT2D eigenvalue weighted by atomic mass is 19.1. The third-order valence-corrected chi connectivity index (χ3v) is 4.00. The van der Waals surface area contributed by atoms with Crippen LogP contribution in [0.1, 0.15) is 28.8 Å². The molecule has 21 heavy (non-hydrogen) atoms. The summed E-state index contributed by atoms with van der Waals surface area (Å²) in [5.74, 6) is 0.712. The summed E-state index contributed by atoms with van der Waals surface area (Å²) in [7, 11) is 1.98. The predicted molar refractivity (Wildman–Crippen MR) is 82.7 cm³/mol. The van der Waals surface area contributed by atoms with Gasteiger partial charge in [-0.15, -0.1) is 0 Å². The molecule has 1 aromatic carbocycles. The van der Waals surface area contributed by atoms with Gasteiger partial charge in [0.2, 0.25) is 0 Å². The van der Waals surface area contributed by atoms with Crippen LogP contribution in [-0.2, 0) is 25.9 Å². The molecule has 0 fully saturated rings. The molecule has 1 aliphatic rings. The van der Waals surface area contributed by atoms with Crippen molar-refractivity contribution in [3.8, 4) is 0 Å². The van der Waals surface area contributed by atoms with Gasteiger partial charge >= 0.3 is 0 Å². The number of pyridine rings is 1. The van der Waals surface area contributed by atoms with E-state index in [1.165, 1.54) is 23.7 Å². The maximum absolute atomic E-state index is 13.3. The number of fused-ring (bicyclic) bond motifs is 1. The molecule has 2 aromatic rings. The summed E-state index contributed by atoms with van der Waals surface area (Å²) in [4.78, 5) is 6.85. The monoisotopic (exact) mass is 285 g/mol. The van der Waals surface area contributed by atoms with Crippen molar-refractivity contribution in [3.63, 3.8) is 0 Å². The van der Waals surface area contributed by atoms with Gasteiger partial charge in [-0.2, -0.15) is 0 Å². The molecule has 0 radical (unpaired) electrons. The lowest BCUT2D eigenvalue weighted by Gasteiger charge is -2.22. The topological polar surface area (TPSA) is 42.2 Å². The van der Waals surface area contributed by atoms with E-state index in [2.05, 4.69) is 11.0 Å². The molecule has 0 saturated heterocycles. The minimum Gasteiger partial charge on any atom is -0.355 e. The molecule has 0 spiro atoms. The molecule has 0 bridgehead atoms. The van der Waals surface area contributed by atoms with Gasteiger partial charge in [0, 0.05) is 31.4 Å². The van der Waals surface area contributed by atoms with Gasteiger partial charge in [0.25, 0.3) is 0 Å². The summed E-state index contributed by atoms with van der Waals surface area (Å²) < 4.78 is 13.3. The first-order chi connectivity index (χ1) is 10.2. The lowest BCUT2D eigenvalue weighted by atomic mass is 10.1. The molecule has 0 atom stereocenters. The third-order valence-electron chi connectivity index (χ3n) is 4.00. The lowest BCUT2D eigenvalue weighted by Crippen LogP contribution is -2.21. The molecular formula is C17H20FN3. The van der Waals surface area contributed by atoms with Crippen LogP contribution in [0.2, 0.25) is 0 Å². The number of hydrogen-bond acceptors (Lipinski definition) is 3. The summed E-state index contributed by atoms with van der Waals surface area (Å²) in [6.45, 7) is 1.10. The average molecular weight is 285 g/mol. The summed E-state index contributed by atoms with van der Waals surface area (Å²) in [6.07, 6.45) is 3.31. The molecular weight excluding hydrogens is 265 g/mol. The van der Waals surface area contributed by atoms with E-state index < -0.39 is 0 Å². The van der Waals surface area contributed by atoms with Crippen molar-refractivity contribution < 1.29 is 4.39 Å². The summed E-state index contributed by atoms with van der Waals surface area (Å²) >= 11 is 0. The molecule has 3 rings (SSSR count). The van der Waals surface area contributed by atoms with E-state index in [0.29, 0.717) is 13.1 Å². The maximum Gasteiger partial charge on any atom is 0.133 e. The van der Waals surface area contributed by atoms with Crippen LogP contribution >= 0.6 is 0 Å². The van der Waals surface area contributed by atoms with Crippen molar-refractivity contribution in [1.29, 1.82) is 0 Å². The number of halogens is 1. The third kappa shape index (κ3) is 2.90. The van der Waals surface area contributed by atoms with Crippen LogP contribution in [0.25, 0.3) is 0 Å². The number of aromatic nitrogens is 1. The highest BCUT2D eigenvalue weighted by molar-refractivity contribution is 5.50. The molecule has 2 N–H and O–H groups in total. The number of rotatable bonds is 4. The van der Waals surface area contributed by atoms with E-state index in [-0.39, 0.29) is 5.82 Å². The first-order valence-corrected chi connectivity index (χ1v) is 7.34. The van der Waals surface area contributed by atoms with Gasteiger partial charge in [-0.1, -0.05) is 12.1 Å². The Kier molecular flexibility index (Phi) is 3.88. The van der Waals surface area contributed by atoms with E-state index in [0.717, 1.165) is 29.8 Å². The molecule has 4 heteroatoms. The van der Waals surface area contributed by atoms with Crippen molar-refractivity contribution in [1.82, 2.24) is 4.98 Å². The Morgan fingerprint density at radius 2 is 2.14 bits per heavy atom. The lowest BCUT2D eigenvalue weighted by molar-refractivity contribution is 0.625. The zero-order chi connectivity index (χ0) is 14.8. The van der Waals surface area contributed by atoms with Crippen molar-refractivity contribution in [3.05, 3.63) is 58.5 Å². The molecule has 3 nitrogen and oxygen atoms in total. The number of hydrogen-bond donors (Lipinski definition) is 1. The first-order valence-electron chi connectivity index (χ1n) is 7.34. The largest absolute Gasteiger partial charge is 0.355 e. The minimum absolute atomic E-state index is 0.207. The SMILES string of the molecule is CN(Cc1cccc(F)c1)c1nc2c(cc1CN)CCC2. The summed E-state index contributed by atoms with van der Waals surface area (Å²) in [6, 6.07) is 8.87. The van der Waals surface area contributed by atoms with Gasteiger partial charge in [-0.3, -0.25) is 0 Å². The van der Waals surface area contributed by atoms with Crippen molar-refractivity contribution in [2.45, 2.75) is 32.4 Å². The standard InChI is InChI=1S/C17H20FN3/c1-21(11-12-4-2-6-15(18)8-12)17-14(10-19)9-13-5-3-7-16(13)20-17/h2,4,6,8-9H,3,5,7,10-11,19H2,1H3. The molecule has 1 aromatic heterocycles. The predicted octanol–water partition coefficient (Wildman–Crippen LogP) is 2.80. The fourth-order valence-electron chi connectivity index (χ4n) is 2.97. The maximum atomic E-state index is 13.3. The van der Waals surface area contributed by atoms with Gasteiger partial charge in [-0.25, -0.2) is 9.37 Å². The second-order valence-electron chi connectivity index (χ2n) is 5.62. The van der Waals surface area contributed by atoms with Gasteiger partial charge in [-0.05, 0) is 48.6 Å². The second kappa shape index (κ2) is 5.82. The van der Waals surface area contributed by atoms with Gasteiger partial charge in [0.1, 0.15) is 11.6 Å². The van der Waals surface area contributed by atoms with Crippen LogP contribution < -0.4 is 10.6 Å². The number of nitrogens with zero attached hydrogens (tertiary/aromatic N) is 2. The Labute approximate surface area is 124 Å². The van der Waals surface area contributed by atoms with Crippen molar-refractivity contribution in [2.24, 2.45) is 5.73 Å². The molecule has 1 aliphatic carbocycles. The Bertz CT molecular complexity index is 654. The van der Waals surface area contributed by atoms with Gasteiger partial charge < -0.3 is 10.6 Å². The fourth-order valence-corrected chi connectivity index (χ4v) is 2.97.